The van der Waals surface area contributed by atoms with Crippen LogP contribution in [0.5, 0.6) is 5.75 Å². The van der Waals surface area contributed by atoms with Crippen molar-refractivity contribution < 1.29 is 13.6 Å². The van der Waals surface area contributed by atoms with Crippen molar-refractivity contribution in [1.29, 1.82) is 0 Å². The average Bonchev–Trinajstić information content (AvgIpc) is 2.83. The summed E-state index contributed by atoms with van der Waals surface area (Å²) in [4.78, 5) is 27.8. The van der Waals surface area contributed by atoms with Gasteiger partial charge < -0.3 is 13.6 Å². The quantitative estimate of drug-likeness (QED) is 0.355. The van der Waals surface area contributed by atoms with Gasteiger partial charge in [-0.3, -0.25) is 4.90 Å². The highest BCUT2D eigenvalue weighted by Gasteiger charge is 2.28. The predicted octanol–water partition coefficient (Wildman–Crippen LogP) is 5.70. The van der Waals surface area contributed by atoms with E-state index in [0.717, 1.165) is 18.4 Å². The van der Waals surface area contributed by atoms with Gasteiger partial charge in [0.05, 0.1) is 11.1 Å². The molecule has 3 heterocycles. The fourth-order valence-corrected chi connectivity index (χ4v) is 5.32. The molecule has 0 atom stereocenters. The summed E-state index contributed by atoms with van der Waals surface area (Å²) < 4.78 is 17.3. The van der Waals surface area contributed by atoms with E-state index in [9.17, 15) is 9.59 Å². The van der Waals surface area contributed by atoms with E-state index in [4.69, 9.17) is 25.2 Å². The van der Waals surface area contributed by atoms with E-state index in [-0.39, 0.29) is 0 Å². The SMILES string of the molecule is O=c1cc(-c2cc3cc(Cl)ccc3oc2=O)c2ccc3c(c2o1)CN(C1CCCCC1)CO3. The van der Waals surface area contributed by atoms with Gasteiger partial charge in [0.2, 0.25) is 0 Å². The summed E-state index contributed by atoms with van der Waals surface area (Å²) >= 11 is 6.13. The molecule has 1 aliphatic carbocycles. The van der Waals surface area contributed by atoms with Crippen LogP contribution in [0.25, 0.3) is 33.1 Å². The van der Waals surface area contributed by atoms with Gasteiger partial charge in [-0.25, -0.2) is 9.59 Å². The van der Waals surface area contributed by atoms with E-state index in [1.165, 1.54) is 25.3 Å². The first-order chi connectivity index (χ1) is 16.1. The van der Waals surface area contributed by atoms with Gasteiger partial charge in [0.15, 0.2) is 0 Å². The molecule has 0 bridgehead atoms. The molecule has 7 heteroatoms. The lowest BCUT2D eigenvalue weighted by molar-refractivity contribution is 0.0406. The van der Waals surface area contributed by atoms with E-state index in [1.807, 2.05) is 12.1 Å². The summed E-state index contributed by atoms with van der Waals surface area (Å²) in [5.74, 6) is 0.715. The Kier molecular flexibility index (Phi) is 5.00. The summed E-state index contributed by atoms with van der Waals surface area (Å²) in [7, 11) is 0. The van der Waals surface area contributed by atoms with Crippen molar-refractivity contribution in [3.63, 3.8) is 0 Å². The predicted molar refractivity (Wildman–Crippen MR) is 127 cm³/mol. The molecule has 168 valence electrons. The summed E-state index contributed by atoms with van der Waals surface area (Å²) in [5, 5.41) is 1.90. The van der Waals surface area contributed by atoms with E-state index >= 15 is 0 Å². The number of hydrogen-bond donors (Lipinski definition) is 0. The molecular formula is C26H22ClNO5. The van der Waals surface area contributed by atoms with Crippen LogP contribution in [-0.4, -0.2) is 17.7 Å². The number of fused-ring (bicyclic) bond motifs is 4. The Morgan fingerprint density at radius 3 is 2.61 bits per heavy atom. The molecule has 0 saturated heterocycles. The molecule has 2 aromatic heterocycles. The molecular weight excluding hydrogens is 442 g/mol. The molecule has 0 amide bonds. The maximum Gasteiger partial charge on any atom is 0.344 e. The van der Waals surface area contributed by atoms with Crippen LogP contribution in [0.4, 0.5) is 0 Å². The number of halogens is 1. The third-order valence-electron chi connectivity index (χ3n) is 6.80. The van der Waals surface area contributed by atoms with Crippen molar-refractivity contribution in [2.45, 2.75) is 44.7 Å². The Bertz CT molecular complexity index is 1500. The summed E-state index contributed by atoms with van der Waals surface area (Å²) in [6.07, 6.45) is 6.04. The van der Waals surface area contributed by atoms with E-state index in [0.29, 0.717) is 63.2 Å². The van der Waals surface area contributed by atoms with Crippen molar-refractivity contribution in [2.24, 2.45) is 0 Å². The van der Waals surface area contributed by atoms with Crippen LogP contribution < -0.4 is 16.0 Å². The van der Waals surface area contributed by atoms with Crippen molar-refractivity contribution in [2.75, 3.05) is 6.73 Å². The third kappa shape index (κ3) is 3.63. The number of ether oxygens (including phenoxy) is 1. The van der Waals surface area contributed by atoms with E-state index in [1.54, 1.807) is 24.3 Å². The van der Waals surface area contributed by atoms with Crippen LogP contribution in [0.2, 0.25) is 5.02 Å². The van der Waals surface area contributed by atoms with Gasteiger partial charge in [0.1, 0.15) is 23.6 Å². The second-order valence-electron chi connectivity index (χ2n) is 8.84. The molecule has 1 saturated carbocycles. The first-order valence-electron chi connectivity index (χ1n) is 11.3. The molecule has 0 spiro atoms. The molecule has 0 unspecified atom stereocenters. The van der Waals surface area contributed by atoms with Gasteiger partial charge in [-0.2, -0.15) is 0 Å². The minimum absolute atomic E-state index is 0.295. The molecule has 33 heavy (non-hydrogen) atoms. The van der Waals surface area contributed by atoms with Crippen LogP contribution in [0, 0.1) is 0 Å². The lowest BCUT2D eigenvalue weighted by Crippen LogP contribution is -2.41. The van der Waals surface area contributed by atoms with Crippen LogP contribution in [0.15, 0.2) is 60.9 Å². The van der Waals surface area contributed by atoms with Crippen LogP contribution in [0.3, 0.4) is 0 Å². The fraction of sp³-hybridized carbons (Fsp3) is 0.308. The zero-order valence-corrected chi connectivity index (χ0v) is 18.7. The molecule has 0 N–H and O–H groups in total. The Labute approximate surface area is 194 Å². The van der Waals surface area contributed by atoms with Crippen molar-refractivity contribution >= 4 is 33.5 Å². The first-order valence-corrected chi connectivity index (χ1v) is 11.6. The van der Waals surface area contributed by atoms with Crippen molar-refractivity contribution in [3.8, 4) is 16.9 Å². The monoisotopic (exact) mass is 463 g/mol. The van der Waals surface area contributed by atoms with Gasteiger partial charge >= 0.3 is 11.3 Å². The van der Waals surface area contributed by atoms with Crippen LogP contribution in [-0.2, 0) is 6.54 Å². The Balaban J connectivity index is 1.51. The second kappa shape index (κ2) is 8.04. The lowest BCUT2D eigenvalue weighted by atomic mass is 9.93. The Hall–Kier alpha value is -3.09. The highest BCUT2D eigenvalue weighted by molar-refractivity contribution is 6.31. The normalized spacial score (nSPS) is 17.2. The zero-order chi connectivity index (χ0) is 22.5. The lowest BCUT2D eigenvalue weighted by Gasteiger charge is -2.37. The highest BCUT2D eigenvalue weighted by Crippen LogP contribution is 2.37. The number of hydrogen-bond acceptors (Lipinski definition) is 6. The summed E-state index contributed by atoms with van der Waals surface area (Å²) in [6.45, 7) is 1.17. The highest BCUT2D eigenvalue weighted by atomic mass is 35.5. The third-order valence-corrected chi connectivity index (χ3v) is 7.03. The van der Waals surface area contributed by atoms with Crippen LogP contribution >= 0.6 is 11.6 Å². The van der Waals surface area contributed by atoms with Crippen LogP contribution in [0.1, 0.15) is 37.7 Å². The van der Waals surface area contributed by atoms with Gasteiger partial charge in [0.25, 0.3) is 0 Å². The molecule has 2 aliphatic rings. The zero-order valence-electron chi connectivity index (χ0n) is 17.9. The fourth-order valence-electron chi connectivity index (χ4n) is 5.14. The molecule has 6 rings (SSSR count). The Morgan fingerprint density at radius 2 is 1.76 bits per heavy atom. The molecule has 4 aromatic rings. The minimum atomic E-state index is -0.522. The molecule has 2 aromatic carbocycles. The smallest absolute Gasteiger partial charge is 0.344 e. The molecule has 1 fully saturated rings. The van der Waals surface area contributed by atoms with Gasteiger partial charge in [-0.1, -0.05) is 30.9 Å². The first kappa shape index (κ1) is 20.5. The summed E-state index contributed by atoms with van der Waals surface area (Å²) in [5.41, 5.74) is 1.48. The molecule has 0 radical (unpaired) electrons. The largest absolute Gasteiger partial charge is 0.478 e. The van der Waals surface area contributed by atoms with Crippen molar-refractivity contribution in [3.05, 3.63) is 73.9 Å². The maximum atomic E-state index is 12.9. The number of rotatable bonds is 2. The standard InChI is InChI=1S/C26H22ClNO5/c27-16-6-8-22-15(10-16)11-20(26(30)32-22)19-12-24(29)33-25-18(19)7-9-23-21(25)13-28(14-31-23)17-4-2-1-3-5-17/h6-12,17H,1-5,13-14H2. The van der Waals surface area contributed by atoms with Gasteiger partial charge in [-0.15, -0.1) is 0 Å². The Morgan fingerprint density at radius 1 is 0.909 bits per heavy atom. The number of benzene rings is 2. The maximum absolute atomic E-state index is 12.9. The van der Waals surface area contributed by atoms with Crippen molar-refractivity contribution in [1.82, 2.24) is 4.90 Å². The molecule has 1 aliphatic heterocycles. The van der Waals surface area contributed by atoms with E-state index < -0.39 is 11.3 Å². The summed E-state index contributed by atoms with van der Waals surface area (Å²) in [6, 6.07) is 12.3. The van der Waals surface area contributed by atoms with Gasteiger partial charge in [-0.05, 0) is 49.2 Å². The van der Waals surface area contributed by atoms with Gasteiger partial charge in [0, 0.05) is 40.0 Å². The average molecular weight is 464 g/mol. The second-order valence-corrected chi connectivity index (χ2v) is 9.28. The molecule has 6 nitrogen and oxygen atoms in total. The van der Waals surface area contributed by atoms with E-state index in [2.05, 4.69) is 4.90 Å². The topological polar surface area (TPSA) is 72.9 Å². The minimum Gasteiger partial charge on any atom is -0.478 e. The number of nitrogens with zero attached hydrogens (tertiary/aromatic N) is 1.